The number of hydrogen-bond acceptors (Lipinski definition) is 5. The van der Waals surface area contributed by atoms with Crippen molar-refractivity contribution in [1.29, 1.82) is 0 Å². The Bertz CT molecular complexity index is 1350. The maximum Gasteiger partial charge on any atom is 0.276 e. The third kappa shape index (κ3) is 3.65. The van der Waals surface area contributed by atoms with Crippen molar-refractivity contribution >= 4 is 5.91 Å². The molecule has 5 rings (SSSR count). The van der Waals surface area contributed by atoms with Gasteiger partial charge in [-0.15, -0.1) is 0 Å². The lowest BCUT2D eigenvalue weighted by Crippen LogP contribution is -2.38. The molecule has 0 spiro atoms. The minimum atomic E-state index is -0.791. The molecule has 1 aliphatic heterocycles. The van der Waals surface area contributed by atoms with Crippen LogP contribution in [0.4, 0.5) is 8.78 Å². The number of aromatic nitrogens is 3. The van der Waals surface area contributed by atoms with Gasteiger partial charge in [0.1, 0.15) is 11.6 Å². The molecule has 0 bridgehead atoms. The van der Waals surface area contributed by atoms with Crippen molar-refractivity contribution in [3.05, 3.63) is 88.7 Å². The monoisotopic (exact) mass is 450 g/mol. The Kier molecular flexibility index (Phi) is 5.16. The van der Waals surface area contributed by atoms with Gasteiger partial charge in [0.05, 0.1) is 18.9 Å². The molecule has 168 valence electrons. The van der Waals surface area contributed by atoms with E-state index in [0.717, 1.165) is 28.8 Å². The standard InChI is InChI=1S/C24H20F2N4O3/c1-29-24(32-2)18(11-27-29)19-13-30(12-14-5-3-4-6-16(14)19)23(31)21-10-22(33-28-21)17-8-7-15(25)9-20(17)26/h3-11,19H,12-13H2,1-2H3. The number of carbonyl (C=O) groups is 1. The lowest BCUT2D eigenvalue weighted by Gasteiger charge is -2.34. The number of ether oxygens (including phenoxy) is 1. The summed E-state index contributed by atoms with van der Waals surface area (Å²) in [6.45, 7) is 0.770. The zero-order chi connectivity index (χ0) is 23.1. The average Bonchev–Trinajstić information content (AvgIpc) is 3.44. The molecule has 0 aliphatic carbocycles. The van der Waals surface area contributed by atoms with Gasteiger partial charge in [-0.2, -0.15) is 5.10 Å². The Morgan fingerprint density at radius 2 is 1.97 bits per heavy atom. The summed E-state index contributed by atoms with van der Waals surface area (Å²) < 4.78 is 39.8. The molecule has 0 fully saturated rings. The SMILES string of the molecule is COc1c(C2CN(C(=O)c3cc(-c4ccc(F)cc4F)on3)Cc3ccccc32)cnn1C. The van der Waals surface area contributed by atoms with Crippen molar-refractivity contribution in [3.8, 4) is 17.2 Å². The van der Waals surface area contributed by atoms with Gasteiger partial charge in [-0.1, -0.05) is 29.4 Å². The van der Waals surface area contributed by atoms with Gasteiger partial charge in [-0.25, -0.2) is 13.5 Å². The van der Waals surface area contributed by atoms with Gasteiger partial charge in [0.25, 0.3) is 5.91 Å². The summed E-state index contributed by atoms with van der Waals surface area (Å²) in [5.41, 5.74) is 3.05. The zero-order valence-corrected chi connectivity index (χ0v) is 18.0. The fraction of sp³-hybridized carbons (Fsp3) is 0.208. The summed E-state index contributed by atoms with van der Waals surface area (Å²) in [5, 5.41) is 8.17. The molecular weight excluding hydrogens is 430 g/mol. The molecule has 2 aromatic heterocycles. The molecule has 1 aliphatic rings. The maximum absolute atomic E-state index is 14.1. The van der Waals surface area contributed by atoms with Crippen LogP contribution in [0.3, 0.4) is 0 Å². The lowest BCUT2D eigenvalue weighted by atomic mass is 9.85. The molecule has 0 N–H and O–H groups in total. The highest BCUT2D eigenvalue weighted by Gasteiger charge is 2.33. The quantitative estimate of drug-likeness (QED) is 0.467. The smallest absolute Gasteiger partial charge is 0.276 e. The first-order chi connectivity index (χ1) is 16.0. The van der Waals surface area contributed by atoms with E-state index in [9.17, 15) is 13.6 Å². The second-order valence-corrected chi connectivity index (χ2v) is 7.87. The molecule has 1 amide bonds. The highest BCUT2D eigenvalue weighted by Crippen LogP contribution is 2.38. The first kappa shape index (κ1) is 20.9. The van der Waals surface area contributed by atoms with E-state index >= 15 is 0 Å². The highest BCUT2D eigenvalue weighted by atomic mass is 19.1. The fourth-order valence-corrected chi connectivity index (χ4v) is 4.31. The van der Waals surface area contributed by atoms with Gasteiger partial charge in [0, 0.05) is 43.8 Å². The van der Waals surface area contributed by atoms with Crippen LogP contribution in [0.2, 0.25) is 0 Å². The number of halogens is 2. The molecule has 9 heteroatoms. The number of benzene rings is 2. The van der Waals surface area contributed by atoms with Crippen LogP contribution >= 0.6 is 0 Å². The summed E-state index contributed by atoms with van der Waals surface area (Å²) in [6.07, 6.45) is 1.75. The minimum absolute atomic E-state index is 0.0323. The number of carbonyl (C=O) groups excluding carboxylic acids is 1. The fourth-order valence-electron chi connectivity index (χ4n) is 4.31. The van der Waals surface area contributed by atoms with E-state index in [-0.39, 0.29) is 28.8 Å². The predicted octanol–water partition coefficient (Wildman–Crippen LogP) is 4.15. The number of aryl methyl sites for hydroxylation is 1. The Balaban J connectivity index is 1.48. The van der Waals surface area contributed by atoms with Gasteiger partial charge in [0.2, 0.25) is 5.88 Å². The molecule has 0 radical (unpaired) electrons. The van der Waals surface area contributed by atoms with Crippen LogP contribution in [0, 0.1) is 11.6 Å². The van der Waals surface area contributed by atoms with Gasteiger partial charge >= 0.3 is 0 Å². The minimum Gasteiger partial charge on any atom is -0.481 e. The summed E-state index contributed by atoms with van der Waals surface area (Å²) in [5.74, 6) is -1.31. The number of fused-ring (bicyclic) bond motifs is 1. The van der Waals surface area contributed by atoms with E-state index in [2.05, 4.69) is 10.3 Å². The molecule has 3 heterocycles. The molecule has 4 aromatic rings. The first-order valence-corrected chi connectivity index (χ1v) is 10.3. The average molecular weight is 450 g/mol. The molecule has 7 nitrogen and oxygen atoms in total. The number of methoxy groups -OCH3 is 1. The van der Waals surface area contributed by atoms with E-state index in [1.54, 1.807) is 29.9 Å². The zero-order valence-electron chi connectivity index (χ0n) is 18.0. The van der Waals surface area contributed by atoms with Crippen LogP contribution in [0.25, 0.3) is 11.3 Å². The number of amides is 1. The van der Waals surface area contributed by atoms with Crippen LogP contribution in [-0.2, 0) is 13.6 Å². The first-order valence-electron chi connectivity index (χ1n) is 10.3. The molecule has 0 saturated carbocycles. The van der Waals surface area contributed by atoms with E-state index in [1.807, 2.05) is 24.3 Å². The van der Waals surface area contributed by atoms with E-state index in [4.69, 9.17) is 9.26 Å². The summed E-state index contributed by atoms with van der Waals surface area (Å²) in [6, 6.07) is 12.4. The molecule has 2 aromatic carbocycles. The highest BCUT2D eigenvalue weighted by molar-refractivity contribution is 5.93. The Labute approximate surface area is 188 Å². The largest absolute Gasteiger partial charge is 0.481 e. The molecule has 1 unspecified atom stereocenters. The van der Waals surface area contributed by atoms with Crippen molar-refractivity contribution in [2.75, 3.05) is 13.7 Å². The summed E-state index contributed by atoms with van der Waals surface area (Å²) >= 11 is 0. The van der Waals surface area contributed by atoms with E-state index in [1.165, 1.54) is 12.1 Å². The van der Waals surface area contributed by atoms with Crippen LogP contribution in [0.1, 0.15) is 33.1 Å². The summed E-state index contributed by atoms with van der Waals surface area (Å²) in [4.78, 5) is 15.0. The topological polar surface area (TPSA) is 73.4 Å². The van der Waals surface area contributed by atoms with Crippen molar-refractivity contribution in [2.24, 2.45) is 7.05 Å². The normalized spacial score (nSPS) is 15.4. The summed E-state index contributed by atoms with van der Waals surface area (Å²) in [7, 11) is 3.38. The van der Waals surface area contributed by atoms with Crippen molar-refractivity contribution < 1.29 is 22.8 Å². The predicted molar refractivity (Wildman–Crippen MR) is 115 cm³/mol. The van der Waals surface area contributed by atoms with Crippen molar-refractivity contribution in [2.45, 2.75) is 12.5 Å². The molecule has 0 saturated heterocycles. The molecule has 1 atom stereocenters. The second kappa shape index (κ2) is 8.16. The Hall–Kier alpha value is -4.01. The number of nitrogens with zero attached hydrogens (tertiary/aromatic N) is 4. The second-order valence-electron chi connectivity index (χ2n) is 7.87. The number of hydrogen-bond donors (Lipinski definition) is 0. The van der Waals surface area contributed by atoms with Gasteiger partial charge in [-0.05, 0) is 23.3 Å². The molecule has 33 heavy (non-hydrogen) atoms. The van der Waals surface area contributed by atoms with Gasteiger partial charge in [-0.3, -0.25) is 4.79 Å². The van der Waals surface area contributed by atoms with E-state index < -0.39 is 11.6 Å². The van der Waals surface area contributed by atoms with Gasteiger partial charge in [0.15, 0.2) is 11.5 Å². The Morgan fingerprint density at radius 1 is 1.15 bits per heavy atom. The number of rotatable bonds is 4. The molecular formula is C24H20F2N4O3. The maximum atomic E-state index is 14.1. The van der Waals surface area contributed by atoms with Crippen molar-refractivity contribution in [3.63, 3.8) is 0 Å². The van der Waals surface area contributed by atoms with E-state index in [0.29, 0.717) is 19.0 Å². The Morgan fingerprint density at radius 3 is 2.76 bits per heavy atom. The van der Waals surface area contributed by atoms with Crippen LogP contribution in [-0.4, -0.2) is 39.4 Å². The van der Waals surface area contributed by atoms with Crippen LogP contribution in [0.15, 0.2) is 59.3 Å². The van der Waals surface area contributed by atoms with Crippen LogP contribution < -0.4 is 4.74 Å². The van der Waals surface area contributed by atoms with Crippen molar-refractivity contribution in [1.82, 2.24) is 19.8 Å². The lowest BCUT2D eigenvalue weighted by molar-refractivity contribution is 0.0714. The van der Waals surface area contributed by atoms with Gasteiger partial charge < -0.3 is 14.2 Å². The third-order valence-electron chi connectivity index (χ3n) is 5.89. The van der Waals surface area contributed by atoms with Crippen LogP contribution in [0.5, 0.6) is 5.88 Å². The third-order valence-corrected chi connectivity index (χ3v) is 5.89.